The highest BCUT2D eigenvalue weighted by Crippen LogP contribution is 2.53. The zero-order chi connectivity index (χ0) is 28.8. The molecular formula is C33H37NO6. The number of nitrogens with one attached hydrogen (secondary N) is 1. The molecule has 1 N–H and O–H groups in total. The van der Waals surface area contributed by atoms with Crippen LogP contribution in [0.1, 0.15) is 70.4 Å². The van der Waals surface area contributed by atoms with Gasteiger partial charge >= 0.3 is 0 Å². The number of ketones is 2. The van der Waals surface area contributed by atoms with Crippen molar-refractivity contribution in [3.63, 3.8) is 0 Å². The second kappa shape index (κ2) is 10.3. The van der Waals surface area contributed by atoms with E-state index >= 15 is 0 Å². The van der Waals surface area contributed by atoms with Gasteiger partial charge in [-0.15, -0.1) is 0 Å². The number of ether oxygens (including phenoxy) is 3. The van der Waals surface area contributed by atoms with Crippen LogP contribution in [-0.4, -0.2) is 31.2 Å². The number of allylic oxidation sites excluding steroid dienone is 4. The first-order valence-electron chi connectivity index (χ1n) is 13.7. The zero-order valence-electron chi connectivity index (χ0n) is 24.1. The van der Waals surface area contributed by atoms with E-state index in [9.17, 15) is 14.4 Å². The smallest absolute Gasteiger partial charge is 0.262 e. The Morgan fingerprint density at radius 3 is 2.08 bits per heavy atom. The van der Waals surface area contributed by atoms with Crippen LogP contribution in [-0.2, 0) is 19.1 Å². The van der Waals surface area contributed by atoms with Crippen molar-refractivity contribution in [1.29, 1.82) is 0 Å². The SMILES string of the molecule is COc1cc(C2C3=C(CC(C)(C)CC3=O)OC3=C2C(=O)CC(C)(C)C3)ccc1OCC(=O)Nc1ccccc1C. The molecule has 0 radical (unpaired) electrons. The van der Waals surface area contributed by atoms with Gasteiger partial charge in [0.1, 0.15) is 11.5 Å². The van der Waals surface area contributed by atoms with Crippen LogP contribution in [0.5, 0.6) is 11.5 Å². The molecule has 7 heteroatoms. The quantitative estimate of drug-likeness (QED) is 0.452. The van der Waals surface area contributed by atoms with Gasteiger partial charge in [-0.1, -0.05) is 52.0 Å². The molecule has 1 heterocycles. The normalized spacial score (nSPS) is 19.9. The molecule has 2 aromatic carbocycles. The molecule has 0 unspecified atom stereocenters. The highest BCUT2D eigenvalue weighted by molar-refractivity contribution is 6.06. The van der Waals surface area contributed by atoms with Crippen LogP contribution in [0, 0.1) is 17.8 Å². The lowest BCUT2D eigenvalue weighted by Gasteiger charge is -2.42. The summed E-state index contributed by atoms with van der Waals surface area (Å²) in [4.78, 5) is 39.6. The minimum atomic E-state index is -0.529. The lowest BCUT2D eigenvalue weighted by Crippen LogP contribution is -2.37. The third-order valence-electron chi connectivity index (χ3n) is 7.88. The maximum Gasteiger partial charge on any atom is 0.262 e. The lowest BCUT2D eigenvalue weighted by atomic mass is 9.65. The van der Waals surface area contributed by atoms with E-state index in [2.05, 4.69) is 33.0 Å². The molecule has 0 saturated heterocycles. The summed E-state index contributed by atoms with van der Waals surface area (Å²) in [5.74, 6) is 1.35. The monoisotopic (exact) mass is 543 g/mol. The summed E-state index contributed by atoms with van der Waals surface area (Å²) in [5.41, 5.74) is 3.14. The summed E-state index contributed by atoms with van der Waals surface area (Å²) >= 11 is 0. The molecule has 0 spiro atoms. The largest absolute Gasteiger partial charge is 0.493 e. The van der Waals surface area contributed by atoms with Crippen LogP contribution in [0.15, 0.2) is 65.1 Å². The van der Waals surface area contributed by atoms with Gasteiger partial charge in [0.25, 0.3) is 5.91 Å². The van der Waals surface area contributed by atoms with Crippen LogP contribution in [0.25, 0.3) is 0 Å². The van der Waals surface area contributed by atoms with Crippen LogP contribution in [0.4, 0.5) is 5.69 Å². The summed E-state index contributed by atoms with van der Waals surface area (Å²) in [7, 11) is 1.53. The Bertz CT molecular complexity index is 1410. The highest BCUT2D eigenvalue weighted by atomic mass is 16.5. The number of methoxy groups -OCH3 is 1. The van der Waals surface area contributed by atoms with E-state index in [1.165, 1.54) is 7.11 Å². The summed E-state index contributed by atoms with van der Waals surface area (Å²) in [6.45, 7) is 9.99. The molecule has 210 valence electrons. The Balaban J connectivity index is 1.47. The molecule has 0 fully saturated rings. The van der Waals surface area contributed by atoms with Gasteiger partial charge in [-0.25, -0.2) is 0 Å². The number of carbonyl (C=O) groups is 3. The van der Waals surface area contributed by atoms with Crippen LogP contribution in [0.2, 0.25) is 0 Å². The van der Waals surface area contributed by atoms with Crippen molar-refractivity contribution in [1.82, 2.24) is 0 Å². The van der Waals surface area contributed by atoms with Gasteiger partial charge in [0.05, 0.1) is 7.11 Å². The van der Waals surface area contributed by atoms with E-state index in [1.54, 1.807) is 12.1 Å². The number of rotatable bonds is 6. The first-order chi connectivity index (χ1) is 18.9. The number of hydrogen-bond donors (Lipinski definition) is 1. The van der Waals surface area contributed by atoms with E-state index in [-0.39, 0.29) is 34.9 Å². The number of hydrogen-bond acceptors (Lipinski definition) is 6. The predicted molar refractivity (Wildman–Crippen MR) is 152 cm³/mol. The van der Waals surface area contributed by atoms with Crippen LogP contribution in [0.3, 0.4) is 0 Å². The fraction of sp³-hybridized carbons (Fsp3) is 0.424. The molecule has 5 rings (SSSR count). The number of para-hydroxylation sites is 1. The minimum absolute atomic E-state index is 0.00704. The van der Waals surface area contributed by atoms with Crippen LogP contribution < -0.4 is 14.8 Å². The fourth-order valence-corrected chi connectivity index (χ4v) is 6.03. The molecule has 3 aliphatic rings. The Morgan fingerprint density at radius 1 is 0.900 bits per heavy atom. The average molecular weight is 544 g/mol. The van der Waals surface area contributed by atoms with E-state index < -0.39 is 5.92 Å². The molecule has 40 heavy (non-hydrogen) atoms. The van der Waals surface area contributed by atoms with Gasteiger partial charge < -0.3 is 19.5 Å². The third-order valence-corrected chi connectivity index (χ3v) is 7.88. The van der Waals surface area contributed by atoms with Crippen molar-refractivity contribution in [2.24, 2.45) is 10.8 Å². The Labute approximate surface area is 235 Å². The number of aryl methyl sites for hydroxylation is 1. The first-order valence-corrected chi connectivity index (χ1v) is 13.7. The van der Waals surface area contributed by atoms with Crippen LogP contribution >= 0.6 is 0 Å². The molecule has 1 aliphatic heterocycles. The number of benzene rings is 2. The molecule has 2 aliphatic carbocycles. The number of Topliss-reactive ketones (excluding diaryl/α,β-unsaturated/α-hetero) is 2. The summed E-state index contributed by atoms with van der Waals surface area (Å²) in [6, 6.07) is 12.9. The number of anilines is 1. The average Bonchev–Trinajstić information content (AvgIpc) is 2.86. The molecule has 0 bridgehead atoms. The molecule has 0 saturated carbocycles. The Kier molecular flexibility index (Phi) is 7.11. The third kappa shape index (κ3) is 5.42. The molecule has 7 nitrogen and oxygen atoms in total. The van der Waals surface area contributed by atoms with Gasteiger partial charge in [-0.3, -0.25) is 14.4 Å². The van der Waals surface area contributed by atoms with Crippen molar-refractivity contribution >= 4 is 23.2 Å². The summed E-state index contributed by atoms with van der Waals surface area (Å²) in [5, 5.41) is 2.86. The van der Waals surface area contributed by atoms with Gasteiger partial charge in [-0.05, 0) is 47.1 Å². The fourth-order valence-electron chi connectivity index (χ4n) is 6.03. The number of carbonyl (C=O) groups excluding carboxylic acids is 3. The van der Waals surface area contributed by atoms with E-state index in [0.717, 1.165) is 16.8 Å². The van der Waals surface area contributed by atoms with Gasteiger partial charge in [0.15, 0.2) is 29.7 Å². The topological polar surface area (TPSA) is 90.9 Å². The molecule has 0 aromatic heterocycles. The van der Waals surface area contributed by atoms with Crippen molar-refractivity contribution in [2.45, 2.75) is 66.2 Å². The molecule has 0 atom stereocenters. The predicted octanol–water partition coefficient (Wildman–Crippen LogP) is 6.42. The van der Waals surface area contributed by atoms with Gasteiger partial charge in [-0.2, -0.15) is 0 Å². The van der Waals surface area contributed by atoms with Gasteiger partial charge in [0, 0.05) is 48.4 Å². The van der Waals surface area contributed by atoms with Crippen molar-refractivity contribution in [3.05, 3.63) is 76.3 Å². The maximum absolute atomic E-state index is 13.5. The Morgan fingerprint density at radius 2 is 1.50 bits per heavy atom. The highest BCUT2D eigenvalue weighted by Gasteiger charge is 2.47. The van der Waals surface area contributed by atoms with Crippen molar-refractivity contribution < 1.29 is 28.6 Å². The summed E-state index contributed by atoms with van der Waals surface area (Å²) < 4.78 is 17.9. The summed E-state index contributed by atoms with van der Waals surface area (Å²) in [6.07, 6.45) is 2.04. The minimum Gasteiger partial charge on any atom is -0.493 e. The first kappa shape index (κ1) is 27.7. The zero-order valence-corrected chi connectivity index (χ0v) is 24.1. The van der Waals surface area contributed by atoms with Crippen molar-refractivity contribution in [3.8, 4) is 11.5 Å². The Hall–Kier alpha value is -3.87. The molecule has 2 aromatic rings. The van der Waals surface area contributed by atoms with E-state index in [0.29, 0.717) is 59.8 Å². The molecular weight excluding hydrogens is 506 g/mol. The van der Waals surface area contributed by atoms with E-state index in [4.69, 9.17) is 14.2 Å². The second-order valence-electron chi connectivity index (χ2n) is 12.7. The lowest BCUT2D eigenvalue weighted by molar-refractivity contribution is -0.120. The maximum atomic E-state index is 13.5. The molecule has 1 amide bonds. The van der Waals surface area contributed by atoms with E-state index in [1.807, 2.05) is 37.3 Å². The standard InChI is InChI=1S/C33H37NO6/c1-19-9-7-8-10-21(19)34-28(37)18-39-24-12-11-20(13-25(24)38-6)29-30-22(35)14-32(2,3)16-26(30)40-27-17-33(4,5)15-23(36)31(27)29/h7-13,29H,14-18H2,1-6H3,(H,34,37). The van der Waals surface area contributed by atoms with Gasteiger partial charge in [0.2, 0.25) is 0 Å². The van der Waals surface area contributed by atoms with Crippen molar-refractivity contribution in [2.75, 3.05) is 19.0 Å². The second-order valence-corrected chi connectivity index (χ2v) is 12.7. The number of amides is 1.